The summed E-state index contributed by atoms with van der Waals surface area (Å²) < 4.78 is 0. The number of aliphatic hydroxyl groups excluding tert-OH is 1. The van der Waals surface area contributed by atoms with Crippen molar-refractivity contribution < 1.29 is 5.11 Å². The van der Waals surface area contributed by atoms with Crippen molar-refractivity contribution in [3.05, 3.63) is 23.4 Å². The van der Waals surface area contributed by atoms with Gasteiger partial charge in [0.2, 0.25) is 0 Å². The van der Waals surface area contributed by atoms with Gasteiger partial charge in [-0.2, -0.15) is 0 Å². The number of pyridine rings is 1. The van der Waals surface area contributed by atoms with Crippen LogP contribution in [0.2, 0.25) is 0 Å². The second-order valence-corrected chi connectivity index (χ2v) is 4.60. The van der Waals surface area contributed by atoms with Crippen LogP contribution < -0.4 is 4.90 Å². The van der Waals surface area contributed by atoms with Gasteiger partial charge in [0.15, 0.2) is 0 Å². The Balaban J connectivity index is 3.01. The number of hydrogen-bond donors (Lipinski definition) is 1. The van der Waals surface area contributed by atoms with E-state index in [1.54, 1.807) is 0 Å². The van der Waals surface area contributed by atoms with Crippen molar-refractivity contribution in [1.29, 1.82) is 0 Å². The van der Waals surface area contributed by atoms with E-state index in [1.807, 2.05) is 12.1 Å². The van der Waals surface area contributed by atoms with Crippen LogP contribution in [0.3, 0.4) is 0 Å². The van der Waals surface area contributed by atoms with Gasteiger partial charge >= 0.3 is 0 Å². The molecule has 1 aromatic heterocycles. The Kier molecular flexibility index (Phi) is 5.42. The number of aryl methyl sites for hydroxylation is 1. The van der Waals surface area contributed by atoms with Crippen LogP contribution in [0.1, 0.15) is 44.9 Å². The van der Waals surface area contributed by atoms with E-state index in [0.29, 0.717) is 6.04 Å². The van der Waals surface area contributed by atoms with Gasteiger partial charge in [-0.3, -0.25) is 0 Å². The van der Waals surface area contributed by atoms with Crippen LogP contribution in [0.4, 0.5) is 5.82 Å². The van der Waals surface area contributed by atoms with Crippen molar-refractivity contribution in [2.75, 3.05) is 11.9 Å². The minimum atomic E-state index is 0.0839. The molecule has 1 unspecified atom stereocenters. The molecule has 0 aliphatic carbocycles. The molecule has 0 spiro atoms. The van der Waals surface area contributed by atoms with Gasteiger partial charge in [0.25, 0.3) is 0 Å². The lowest BCUT2D eigenvalue weighted by Gasteiger charge is -2.25. The smallest absolute Gasteiger partial charge is 0.129 e. The molecule has 0 aromatic carbocycles. The maximum Gasteiger partial charge on any atom is 0.129 e. The van der Waals surface area contributed by atoms with E-state index in [0.717, 1.165) is 36.3 Å². The molecular formula is C14H24N2O. The predicted octanol–water partition coefficient (Wildman–Crippen LogP) is 2.76. The third-order valence-electron chi connectivity index (χ3n) is 3.23. The lowest BCUT2D eigenvalue weighted by molar-refractivity contribution is 0.281. The Bertz CT molecular complexity index is 352. The molecule has 0 saturated heterocycles. The summed E-state index contributed by atoms with van der Waals surface area (Å²) in [6, 6.07) is 4.44. The molecule has 0 saturated carbocycles. The minimum absolute atomic E-state index is 0.0839. The molecule has 1 heterocycles. The normalized spacial score (nSPS) is 12.5. The van der Waals surface area contributed by atoms with E-state index in [9.17, 15) is 5.11 Å². The predicted molar refractivity (Wildman–Crippen MR) is 72.3 cm³/mol. The summed E-state index contributed by atoms with van der Waals surface area (Å²) in [7, 11) is 2.06. The molecule has 0 amide bonds. The average molecular weight is 236 g/mol. The SMILES string of the molecule is CCCc1cc(CO)cc(N(C)C(C)CC)n1. The second-order valence-electron chi connectivity index (χ2n) is 4.60. The minimum Gasteiger partial charge on any atom is -0.392 e. The summed E-state index contributed by atoms with van der Waals surface area (Å²) in [5.41, 5.74) is 2.03. The summed E-state index contributed by atoms with van der Waals surface area (Å²) in [6.45, 7) is 6.59. The summed E-state index contributed by atoms with van der Waals surface area (Å²) in [6.07, 6.45) is 3.13. The number of anilines is 1. The lowest BCUT2D eigenvalue weighted by Crippen LogP contribution is -2.29. The molecule has 0 aliphatic rings. The summed E-state index contributed by atoms with van der Waals surface area (Å²) in [5, 5.41) is 9.29. The Hall–Kier alpha value is -1.09. The highest BCUT2D eigenvalue weighted by Gasteiger charge is 2.11. The first-order valence-electron chi connectivity index (χ1n) is 6.45. The van der Waals surface area contributed by atoms with Gasteiger partial charge in [0.05, 0.1) is 6.61 Å². The highest BCUT2D eigenvalue weighted by molar-refractivity contribution is 5.42. The topological polar surface area (TPSA) is 36.4 Å². The van der Waals surface area contributed by atoms with E-state index in [1.165, 1.54) is 0 Å². The van der Waals surface area contributed by atoms with Crippen molar-refractivity contribution in [3.63, 3.8) is 0 Å². The van der Waals surface area contributed by atoms with Crippen LogP contribution in [0.5, 0.6) is 0 Å². The molecule has 1 atom stereocenters. The highest BCUT2D eigenvalue weighted by Crippen LogP contribution is 2.18. The van der Waals surface area contributed by atoms with E-state index in [4.69, 9.17) is 0 Å². The average Bonchev–Trinajstić information content (AvgIpc) is 2.36. The number of hydrogen-bond acceptors (Lipinski definition) is 3. The molecule has 0 radical (unpaired) electrons. The fourth-order valence-electron chi connectivity index (χ4n) is 1.79. The number of rotatable bonds is 6. The maximum atomic E-state index is 9.29. The fourth-order valence-corrected chi connectivity index (χ4v) is 1.79. The van der Waals surface area contributed by atoms with Gasteiger partial charge in [-0.25, -0.2) is 4.98 Å². The zero-order valence-electron chi connectivity index (χ0n) is 11.4. The maximum absolute atomic E-state index is 9.29. The van der Waals surface area contributed by atoms with Gasteiger partial charge in [0, 0.05) is 18.8 Å². The zero-order valence-corrected chi connectivity index (χ0v) is 11.4. The quantitative estimate of drug-likeness (QED) is 0.825. The molecule has 1 N–H and O–H groups in total. The van der Waals surface area contributed by atoms with Gasteiger partial charge in [-0.15, -0.1) is 0 Å². The summed E-state index contributed by atoms with van der Waals surface area (Å²) in [5.74, 6) is 0.967. The first-order valence-corrected chi connectivity index (χ1v) is 6.45. The molecule has 17 heavy (non-hydrogen) atoms. The van der Waals surface area contributed by atoms with Crippen molar-refractivity contribution in [2.24, 2.45) is 0 Å². The fraction of sp³-hybridized carbons (Fsp3) is 0.643. The van der Waals surface area contributed by atoms with Gasteiger partial charge < -0.3 is 10.0 Å². The largest absolute Gasteiger partial charge is 0.392 e. The van der Waals surface area contributed by atoms with Crippen LogP contribution in [0, 0.1) is 0 Å². The van der Waals surface area contributed by atoms with Crippen molar-refractivity contribution in [3.8, 4) is 0 Å². The first-order chi connectivity index (χ1) is 8.12. The Labute approximate surface area is 104 Å². The molecule has 3 heteroatoms. The van der Waals surface area contributed by atoms with E-state index >= 15 is 0 Å². The van der Waals surface area contributed by atoms with E-state index < -0.39 is 0 Å². The van der Waals surface area contributed by atoms with Crippen LogP contribution in [-0.4, -0.2) is 23.2 Å². The second kappa shape index (κ2) is 6.60. The van der Waals surface area contributed by atoms with Crippen LogP contribution >= 0.6 is 0 Å². The third kappa shape index (κ3) is 3.70. The number of aliphatic hydroxyl groups is 1. The third-order valence-corrected chi connectivity index (χ3v) is 3.23. The van der Waals surface area contributed by atoms with Crippen molar-refractivity contribution in [2.45, 2.75) is 52.7 Å². The number of aromatic nitrogens is 1. The van der Waals surface area contributed by atoms with Gasteiger partial charge in [0.1, 0.15) is 5.82 Å². The standard InChI is InChI=1S/C14H24N2O/c1-5-7-13-8-12(10-17)9-14(15-13)16(4)11(3)6-2/h8-9,11,17H,5-7,10H2,1-4H3. The zero-order chi connectivity index (χ0) is 12.8. The van der Waals surface area contributed by atoms with E-state index in [-0.39, 0.29) is 6.61 Å². The van der Waals surface area contributed by atoms with Gasteiger partial charge in [-0.1, -0.05) is 20.3 Å². The van der Waals surface area contributed by atoms with Crippen LogP contribution in [0.15, 0.2) is 12.1 Å². The highest BCUT2D eigenvalue weighted by atomic mass is 16.3. The molecule has 1 rings (SSSR count). The first kappa shape index (κ1) is 14.0. The summed E-state index contributed by atoms with van der Waals surface area (Å²) >= 11 is 0. The molecule has 96 valence electrons. The molecule has 3 nitrogen and oxygen atoms in total. The van der Waals surface area contributed by atoms with E-state index in [2.05, 4.69) is 37.7 Å². The Morgan fingerprint density at radius 1 is 1.35 bits per heavy atom. The molecule has 0 bridgehead atoms. The monoisotopic (exact) mass is 236 g/mol. The molecule has 0 aliphatic heterocycles. The van der Waals surface area contributed by atoms with Crippen molar-refractivity contribution in [1.82, 2.24) is 4.98 Å². The van der Waals surface area contributed by atoms with Crippen LogP contribution in [0.25, 0.3) is 0 Å². The summed E-state index contributed by atoms with van der Waals surface area (Å²) in [4.78, 5) is 6.83. The number of nitrogens with zero attached hydrogens (tertiary/aromatic N) is 2. The Morgan fingerprint density at radius 3 is 2.59 bits per heavy atom. The Morgan fingerprint density at radius 2 is 2.06 bits per heavy atom. The lowest BCUT2D eigenvalue weighted by atomic mass is 10.1. The molecule has 0 fully saturated rings. The van der Waals surface area contributed by atoms with Crippen LogP contribution in [-0.2, 0) is 13.0 Å². The van der Waals surface area contributed by atoms with Gasteiger partial charge in [-0.05, 0) is 37.5 Å². The molecule has 1 aromatic rings. The van der Waals surface area contributed by atoms with Crippen molar-refractivity contribution >= 4 is 5.82 Å². The molecular weight excluding hydrogens is 212 g/mol.